The largest absolute Gasteiger partial charge is 0.333 e. The van der Waals surface area contributed by atoms with Crippen molar-refractivity contribution in [2.24, 2.45) is 5.73 Å². The summed E-state index contributed by atoms with van der Waals surface area (Å²) in [5.74, 6) is 1.29. The number of rotatable bonds is 4. The van der Waals surface area contributed by atoms with Gasteiger partial charge in [0.05, 0.1) is 10.4 Å². The molecule has 0 aliphatic heterocycles. The Hall–Kier alpha value is -1.20. The third-order valence-corrected chi connectivity index (χ3v) is 5.20. The highest BCUT2D eigenvalue weighted by molar-refractivity contribution is 7.15. The highest BCUT2D eigenvalue weighted by atomic mass is 32.1. The van der Waals surface area contributed by atoms with E-state index < -0.39 is 0 Å². The van der Waals surface area contributed by atoms with E-state index in [0.29, 0.717) is 11.7 Å². The minimum absolute atomic E-state index is 0.375. The number of aryl methyl sites for hydroxylation is 2. The van der Waals surface area contributed by atoms with Crippen molar-refractivity contribution in [1.82, 2.24) is 10.1 Å². The van der Waals surface area contributed by atoms with Gasteiger partial charge < -0.3 is 10.3 Å². The fourth-order valence-corrected chi connectivity index (χ4v) is 3.89. The van der Waals surface area contributed by atoms with E-state index in [1.165, 1.54) is 10.4 Å². The van der Waals surface area contributed by atoms with Gasteiger partial charge in [-0.3, -0.25) is 0 Å². The zero-order valence-electron chi connectivity index (χ0n) is 12.1. The first kappa shape index (κ1) is 13.8. The molecule has 2 N–H and O–H groups in total. The molecule has 2 aromatic heterocycles. The van der Waals surface area contributed by atoms with Crippen LogP contribution >= 0.6 is 11.3 Å². The van der Waals surface area contributed by atoms with Crippen molar-refractivity contribution in [2.45, 2.75) is 57.9 Å². The first-order valence-electron chi connectivity index (χ1n) is 7.35. The highest BCUT2D eigenvalue weighted by Crippen LogP contribution is 2.37. The van der Waals surface area contributed by atoms with Crippen LogP contribution in [0.3, 0.4) is 0 Å². The molecule has 5 heteroatoms. The molecule has 2 aromatic rings. The van der Waals surface area contributed by atoms with Crippen LogP contribution in [0.25, 0.3) is 10.8 Å². The molecular weight excluding hydrogens is 270 g/mol. The Labute approximate surface area is 123 Å². The lowest BCUT2D eigenvalue weighted by Gasteiger charge is -2.17. The van der Waals surface area contributed by atoms with Gasteiger partial charge in [0.1, 0.15) is 0 Å². The smallest absolute Gasteiger partial charge is 0.268 e. The van der Waals surface area contributed by atoms with Gasteiger partial charge in [0.25, 0.3) is 5.89 Å². The van der Waals surface area contributed by atoms with Crippen molar-refractivity contribution in [3.8, 4) is 10.8 Å². The van der Waals surface area contributed by atoms with Crippen molar-refractivity contribution in [3.05, 3.63) is 22.3 Å². The summed E-state index contributed by atoms with van der Waals surface area (Å²) in [7, 11) is 0. The summed E-state index contributed by atoms with van der Waals surface area (Å²) in [5, 5.41) is 4.13. The molecular formula is C15H21N3OS. The summed E-state index contributed by atoms with van der Waals surface area (Å²) in [6, 6.07) is 2.18. The van der Waals surface area contributed by atoms with Gasteiger partial charge in [0, 0.05) is 4.88 Å². The lowest BCUT2D eigenvalue weighted by Crippen LogP contribution is -2.34. The molecule has 0 spiro atoms. The molecule has 0 aromatic carbocycles. The van der Waals surface area contributed by atoms with Gasteiger partial charge in [-0.05, 0) is 37.8 Å². The molecule has 0 bridgehead atoms. The summed E-state index contributed by atoms with van der Waals surface area (Å²) in [4.78, 5) is 6.96. The van der Waals surface area contributed by atoms with Crippen molar-refractivity contribution >= 4 is 11.3 Å². The monoisotopic (exact) mass is 291 g/mol. The number of nitrogens with zero attached hydrogens (tertiary/aromatic N) is 2. The van der Waals surface area contributed by atoms with Crippen molar-refractivity contribution in [1.29, 1.82) is 0 Å². The van der Waals surface area contributed by atoms with E-state index in [4.69, 9.17) is 10.3 Å². The second-order valence-corrected chi connectivity index (χ2v) is 6.98. The summed E-state index contributed by atoms with van der Waals surface area (Å²) in [6.07, 6.45) is 6.47. The maximum atomic E-state index is 6.37. The Balaban J connectivity index is 1.88. The first-order chi connectivity index (χ1) is 9.62. The molecule has 1 saturated carbocycles. The maximum absolute atomic E-state index is 6.37. The van der Waals surface area contributed by atoms with E-state index in [2.05, 4.69) is 30.1 Å². The molecule has 108 valence electrons. The maximum Gasteiger partial charge on any atom is 0.268 e. The van der Waals surface area contributed by atoms with Crippen LogP contribution in [0.1, 0.15) is 55.3 Å². The van der Waals surface area contributed by atoms with Crippen LogP contribution in [0, 0.1) is 6.92 Å². The lowest BCUT2D eigenvalue weighted by atomic mass is 9.99. The number of thiophene rings is 1. The van der Waals surface area contributed by atoms with Crippen LogP contribution in [0.15, 0.2) is 10.6 Å². The Bertz CT molecular complexity index is 596. The number of nitrogens with two attached hydrogens (primary N) is 1. The molecule has 0 atom stereocenters. The van der Waals surface area contributed by atoms with Crippen LogP contribution in [0.2, 0.25) is 0 Å². The molecule has 1 fully saturated rings. The standard InChI is InChI=1S/C15H21N3OS/c1-3-6-11-9-12(20-10(11)2)13-17-14(18-19-13)15(16)7-4-5-8-15/h9H,3-8,16H2,1-2H3. The fraction of sp³-hybridized carbons (Fsp3) is 0.600. The molecule has 2 heterocycles. The van der Waals surface area contributed by atoms with E-state index in [1.807, 2.05) is 0 Å². The van der Waals surface area contributed by atoms with E-state index in [0.717, 1.165) is 43.4 Å². The number of hydrogen-bond donors (Lipinski definition) is 1. The molecule has 0 saturated heterocycles. The van der Waals surface area contributed by atoms with Crippen LogP contribution < -0.4 is 5.73 Å². The van der Waals surface area contributed by atoms with Crippen LogP contribution in [-0.4, -0.2) is 10.1 Å². The molecule has 0 amide bonds. The summed E-state index contributed by atoms with van der Waals surface area (Å²) < 4.78 is 5.44. The summed E-state index contributed by atoms with van der Waals surface area (Å²) in [5.41, 5.74) is 7.38. The third kappa shape index (κ3) is 2.40. The van der Waals surface area contributed by atoms with Crippen molar-refractivity contribution < 1.29 is 4.52 Å². The zero-order valence-corrected chi connectivity index (χ0v) is 12.9. The summed E-state index contributed by atoms with van der Waals surface area (Å²) >= 11 is 1.73. The highest BCUT2D eigenvalue weighted by Gasteiger charge is 2.36. The quantitative estimate of drug-likeness (QED) is 0.930. The number of aromatic nitrogens is 2. The van der Waals surface area contributed by atoms with Gasteiger partial charge in [-0.2, -0.15) is 4.98 Å². The van der Waals surface area contributed by atoms with Gasteiger partial charge in [0.15, 0.2) is 5.82 Å². The van der Waals surface area contributed by atoms with Crippen LogP contribution in [0.5, 0.6) is 0 Å². The predicted octanol–water partition coefficient (Wildman–Crippen LogP) is 3.79. The van der Waals surface area contributed by atoms with Gasteiger partial charge in [-0.25, -0.2) is 0 Å². The molecule has 20 heavy (non-hydrogen) atoms. The normalized spacial score (nSPS) is 17.8. The Morgan fingerprint density at radius 3 is 2.85 bits per heavy atom. The van der Waals surface area contributed by atoms with E-state index in [1.54, 1.807) is 11.3 Å². The Kier molecular flexibility index (Phi) is 3.65. The molecule has 0 radical (unpaired) electrons. The summed E-state index contributed by atoms with van der Waals surface area (Å²) in [6.45, 7) is 4.34. The Morgan fingerprint density at radius 2 is 2.15 bits per heavy atom. The zero-order chi connectivity index (χ0) is 14.2. The molecule has 1 aliphatic carbocycles. The molecule has 1 aliphatic rings. The average Bonchev–Trinajstić information content (AvgIpc) is 3.11. The van der Waals surface area contributed by atoms with E-state index in [9.17, 15) is 0 Å². The molecule has 4 nitrogen and oxygen atoms in total. The van der Waals surface area contributed by atoms with Crippen molar-refractivity contribution in [2.75, 3.05) is 0 Å². The SMILES string of the molecule is CCCc1cc(-c2nc(C3(N)CCCC3)no2)sc1C. The van der Waals surface area contributed by atoms with Gasteiger partial charge >= 0.3 is 0 Å². The van der Waals surface area contributed by atoms with Crippen LogP contribution in [0.4, 0.5) is 0 Å². The molecule has 3 rings (SSSR count). The van der Waals surface area contributed by atoms with Gasteiger partial charge in [-0.1, -0.05) is 31.3 Å². The van der Waals surface area contributed by atoms with Gasteiger partial charge in [-0.15, -0.1) is 11.3 Å². The van der Waals surface area contributed by atoms with Crippen molar-refractivity contribution in [3.63, 3.8) is 0 Å². The topological polar surface area (TPSA) is 64.9 Å². The predicted molar refractivity (Wildman–Crippen MR) is 80.7 cm³/mol. The van der Waals surface area contributed by atoms with E-state index >= 15 is 0 Å². The van der Waals surface area contributed by atoms with Crippen LogP contribution in [-0.2, 0) is 12.0 Å². The van der Waals surface area contributed by atoms with E-state index in [-0.39, 0.29) is 5.54 Å². The minimum atomic E-state index is -0.375. The first-order valence-corrected chi connectivity index (χ1v) is 8.17. The second kappa shape index (κ2) is 5.30. The van der Waals surface area contributed by atoms with Gasteiger partial charge in [0.2, 0.25) is 0 Å². The number of hydrogen-bond acceptors (Lipinski definition) is 5. The average molecular weight is 291 g/mol. The lowest BCUT2D eigenvalue weighted by molar-refractivity contribution is 0.373. The minimum Gasteiger partial charge on any atom is -0.333 e. The molecule has 0 unspecified atom stereocenters. The second-order valence-electron chi connectivity index (χ2n) is 5.73. The Morgan fingerprint density at radius 1 is 1.40 bits per heavy atom. The fourth-order valence-electron chi connectivity index (χ4n) is 2.90. The third-order valence-electron chi connectivity index (χ3n) is 4.12.